The molecular formula is C34H57NO7. The number of likely N-dealkylation sites (N-methyl/N-ethyl adjacent to an activating group) is 1. The SMILES string of the molecule is CC/C=C/C/C=C/CCC(=O)OC(COCCC(C(=O)[O-])[N+](C)(C)C)COC(=O)CCCCC/C=C/C=C/CCCC. The van der Waals surface area contributed by atoms with Crippen LogP contribution in [0.3, 0.4) is 0 Å². The summed E-state index contributed by atoms with van der Waals surface area (Å²) in [5.74, 6) is -1.88. The average molecular weight is 592 g/mol. The van der Waals surface area contributed by atoms with Gasteiger partial charge in [0.1, 0.15) is 12.6 Å². The van der Waals surface area contributed by atoms with Gasteiger partial charge in [-0.1, -0.05) is 81.7 Å². The number of quaternary nitrogens is 1. The van der Waals surface area contributed by atoms with Crippen molar-refractivity contribution in [2.45, 2.75) is 109 Å². The quantitative estimate of drug-likeness (QED) is 0.0423. The molecule has 240 valence electrons. The summed E-state index contributed by atoms with van der Waals surface area (Å²) in [7, 11) is 5.34. The molecule has 0 saturated carbocycles. The van der Waals surface area contributed by atoms with Gasteiger partial charge in [0.05, 0.1) is 40.3 Å². The van der Waals surface area contributed by atoms with Crippen LogP contribution in [0.1, 0.15) is 97.3 Å². The topological polar surface area (TPSA) is 102 Å². The fourth-order valence-electron chi connectivity index (χ4n) is 3.99. The molecule has 42 heavy (non-hydrogen) atoms. The maximum absolute atomic E-state index is 12.4. The predicted octanol–water partition coefficient (Wildman–Crippen LogP) is 5.62. The number of unbranched alkanes of at least 4 members (excludes halogenated alkanes) is 5. The number of allylic oxidation sites excluding steroid dienone is 8. The molecular weight excluding hydrogens is 534 g/mol. The van der Waals surface area contributed by atoms with Gasteiger partial charge < -0.3 is 28.6 Å². The lowest BCUT2D eigenvalue weighted by Gasteiger charge is -2.34. The molecule has 0 N–H and O–H groups in total. The highest BCUT2D eigenvalue weighted by molar-refractivity contribution is 5.70. The van der Waals surface area contributed by atoms with Gasteiger partial charge in [-0.2, -0.15) is 0 Å². The summed E-state index contributed by atoms with van der Waals surface area (Å²) < 4.78 is 16.8. The number of carbonyl (C=O) groups excluding carboxylic acids is 3. The second-order valence-corrected chi connectivity index (χ2v) is 11.3. The fourth-order valence-corrected chi connectivity index (χ4v) is 3.99. The summed E-state index contributed by atoms with van der Waals surface area (Å²) in [6, 6.07) is -0.736. The predicted molar refractivity (Wildman–Crippen MR) is 166 cm³/mol. The number of carbonyl (C=O) groups is 3. The Labute approximate surface area is 255 Å². The van der Waals surface area contributed by atoms with Gasteiger partial charge in [0, 0.05) is 19.3 Å². The summed E-state index contributed by atoms with van der Waals surface area (Å²) in [6.07, 6.45) is 26.1. The van der Waals surface area contributed by atoms with Crippen molar-refractivity contribution in [2.24, 2.45) is 0 Å². The zero-order valence-electron chi connectivity index (χ0n) is 26.9. The minimum atomic E-state index is -1.14. The van der Waals surface area contributed by atoms with Crippen LogP contribution >= 0.6 is 0 Å². The lowest BCUT2D eigenvalue weighted by molar-refractivity contribution is -0.889. The molecule has 0 fully saturated rings. The third kappa shape index (κ3) is 23.9. The van der Waals surface area contributed by atoms with E-state index in [1.54, 1.807) is 21.1 Å². The number of carboxylic acid groups (broad SMARTS) is 1. The number of hydrogen-bond donors (Lipinski definition) is 0. The number of nitrogens with zero attached hydrogens (tertiary/aromatic N) is 1. The molecule has 0 amide bonds. The molecule has 0 spiro atoms. The third-order valence-electron chi connectivity index (χ3n) is 6.49. The van der Waals surface area contributed by atoms with Crippen LogP contribution in [0.5, 0.6) is 0 Å². The molecule has 0 saturated heterocycles. The van der Waals surface area contributed by atoms with E-state index in [4.69, 9.17) is 14.2 Å². The molecule has 0 aliphatic heterocycles. The summed E-state index contributed by atoms with van der Waals surface area (Å²) in [4.78, 5) is 36.2. The summed E-state index contributed by atoms with van der Waals surface area (Å²) in [5.41, 5.74) is 0. The number of esters is 2. The number of rotatable bonds is 26. The van der Waals surface area contributed by atoms with Gasteiger partial charge in [-0.05, 0) is 44.9 Å². The first-order valence-electron chi connectivity index (χ1n) is 15.7. The molecule has 0 aromatic rings. The van der Waals surface area contributed by atoms with E-state index in [1.807, 2.05) is 12.2 Å². The molecule has 0 rings (SSSR count). The number of hydrogen-bond acceptors (Lipinski definition) is 7. The smallest absolute Gasteiger partial charge is 0.306 e. The number of carboxylic acids is 1. The summed E-state index contributed by atoms with van der Waals surface area (Å²) in [6.45, 7) is 4.31. The van der Waals surface area contributed by atoms with Crippen LogP contribution in [0.25, 0.3) is 0 Å². The second-order valence-electron chi connectivity index (χ2n) is 11.3. The van der Waals surface area contributed by atoms with E-state index >= 15 is 0 Å². The fraction of sp³-hybridized carbons (Fsp3) is 0.676. The first-order chi connectivity index (χ1) is 20.1. The Kier molecular flexibility index (Phi) is 24.3. The van der Waals surface area contributed by atoms with E-state index in [-0.39, 0.29) is 43.1 Å². The molecule has 0 aliphatic rings. The van der Waals surface area contributed by atoms with Crippen LogP contribution in [0.2, 0.25) is 0 Å². The Hall–Kier alpha value is -2.71. The third-order valence-corrected chi connectivity index (χ3v) is 6.49. The molecule has 0 aromatic heterocycles. The second kappa shape index (κ2) is 26.0. The molecule has 0 bridgehead atoms. The molecule has 8 nitrogen and oxygen atoms in total. The van der Waals surface area contributed by atoms with Crippen molar-refractivity contribution in [1.29, 1.82) is 0 Å². The minimum absolute atomic E-state index is 0.00675. The monoisotopic (exact) mass is 591 g/mol. The zero-order valence-corrected chi connectivity index (χ0v) is 26.9. The van der Waals surface area contributed by atoms with Crippen molar-refractivity contribution in [2.75, 3.05) is 41.0 Å². The average Bonchev–Trinajstić information content (AvgIpc) is 2.92. The maximum atomic E-state index is 12.4. The Morgan fingerprint density at radius 2 is 1.45 bits per heavy atom. The highest BCUT2D eigenvalue weighted by Crippen LogP contribution is 2.10. The standard InChI is InChI=1S/C34H57NO7/c1-6-8-10-12-14-15-16-17-19-20-22-24-32(36)41-29-30(28-40-27-26-31(34(38)39)35(3,4)5)42-33(37)25-23-21-18-13-11-9-7-2/h9,11-12,14-16,18,21,30-31H,6-8,10,13,17,19-20,22-29H2,1-5H3/b11-9+,14-12+,16-15+,21-18+. The maximum Gasteiger partial charge on any atom is 0.306 e. The van der Waals surface area contributed by atoms with E-state index in [0.717, 1.165) is 44.9 Å². The highest BCUT2D eigenvalue weighted by atomic mass is 16.6. The lowest BCUT2D eigenvalue weighted by Crippen LogP contribution is -2.55. The van der Waals surface area contributed by atoms with Gasteiger partial charge in [-0.15, -0.1) is 0 Å². The molecule has 0 aliphatic carbocycles. The Morgan fingerprint density at radius 1 is 0.762 bits per heavy atom. The van der Waals surface area contributed by atoms with Crippen LogP contribution in [-0.2, 0) is 28.6 Å². The normalized spacial score (nSPS) is 13.8. The Balaban J connectivity index is 4.60. The van der Waals surface area contributed by atoms with Gasteiger partial charge in [-0.3, -0.25) is 9.59 Å². The van der Waals surface area contributed by atoms with Crippen molar-refractivity contribution in [3.8, 4) is 0 Å². The van der Waals surface area contributed by atoms with Crippen molar-refractivity contribution in [3.63, 3.8) is 0 Å². The highest BCUT2D eigenvalue weighted by Gasteiger charge is 2.25. The molecule has 2 unspecified atom stereocenters. The number of ether oxygens (including phenoxy) is 3. The van der Waals surface area contributed by atoms with Crippen LogP contribution in [0.4, 0.5) is 0 Å². The van der Waals surface area contributed by atoms with Gasteiger partial charge in [0.25, 0.3) is 0 Å². The van der Waals surface area contributed by atoms with Crippen molar-refractivity contribution >= 4 is 17.9 Å². The largest absolute Gasteiger partial charge is 0.544 e. The number of aliphatic carboxylic acids is 1. The molecule has 0 aromatic carbocycles. The van der Waals surface area contributed by atoms with Crippen LogP contribution in [0.15, 0.2) is 48.6 Å². The first-order valence-corrected chi connectivity index (χ1v) is 15.7. The molecule has 8 heteroatoms. The van der Waals surface area contributed by atoms with Gasteiger partial charge >= 0.3 is 11.9 Å². The van der Waals surface area contributed by atoms with Gasteiger partial charge in [0.2, 0.25) is 0 Å². The first kappa shape index (κ1) is 39.3. The zero-order chi connectivity index (χ0) is 31.5. The lowest BCUT2D eigenvalue weighted by atomic mass is 10.1. The van der Waals surface area contributed by atoms with Crippen LogP contribution in [-0.4, -0.2) is 75.5 Å². The van der Waals surface area contributed by atoms with E-state index in [1.165, 1.54) is 12.8 Å². The van der Waals surface area contributed by atoms with Gasteiger partial charge in [0.15, 0.2) is 6.10 Å². The van der Waals surface area contributed by atoms with Crippen molar-refractivity contribution in [1.82, 2.24) is 0 Å². The molecule has 0 radical (unpaired) electrons. The van der Waals surface area contributed by atoms with Crippen molar-refractivity contribution < 1.29 is 38.2 Å². The Morgan fingerprint density at radius 3 is 2.10 bits per heavy atom. The van der Waals surface area contributed by atoms with Gasteiger partial charge in [-0.25, -0.2) is 0 Å². The van der Waals surface area contributed by atoms with E-state index in [9.17, 15) is 19.5 Å². The molecule has 2 atom stereocenters. The van der Waals surface area contributed by atoms with Crippen molar-refractivity contribution in [3.05, 3.63) is 48.6 Å². The van der Waals surface area contributed by atoms with E-state index in [0.29, 0.717) is 12.8 Å². The van der Waals surface area contributed by atoms with Crippen LogP contribution in [0, 0.1) is 0 Å². The summed E-state index contributed by atoms with van der Waals surface area (Å²) in [5, 5.41) is 11.5. The summed E-state index contributed by atoms with van der Waals surface area (Å²) >= 11 is 0. The van der Waals surface area contributed by atoms with E-state index in [2.05, 4.69) is 50.3 Å². The Bertz CT molecular complexity index is 839. The van der Waals surface area contributed by atoms with E-state index < -0.39 is 24.1 Å². The van der Waals surface area contributed by atoms with Crippen LogP contribution < -0.4 is 5.11 Å². The minimum Gasteiger partial charge on any atom is -0.544 e. The molecule has 0 heterocycles.